The number of nitrogens with one attached hydrogen (secondary N) is 2. The summed E-state index contributed by atoms with van der Waals surface area (Å²) in [6.45, 7) is 9.32. The molecule has 3 heterocycles. The maximum absolute atomic E-state index is 12.8. The monoisotopic (exact) mass is 845 g/mol. The van der Waals surface area contributed by atoms with Gasteiger partial charge in [0.1, 0.15) is 42.2 Å². The number of ether oxygens (including phenoxy) is 2. The number of carbonyl (C=O) groups excluding carboxylic acids is 3. The van der Waals surface area contributed by atoms with Crippen LogP contribution in [-0.4, -0.2) is 75.4 Å². The number of Topliss-reactive ketones (excluding diaryl/α,β-unsaturated/α-hetero) is 1. The molecule has 0 fully saturated rings. The van der Waals surface area contributed by atoms with Gasteiger partial charge in [-0.25, -0.2) is 16.8 Å². The van der Waals surface area contributed by atoms with E-state index in [1.54, 1.807) is 93.6 Å². The van der Waals surface area contributed by atoms with Crippen LogP contribution in [-0.2, 0) is 42.8 Å². The molecule has 312 valence electrons. The molecular formula is C41H47N7O9S2. The van der Waals surface area contributed by atoms with Crippen LogP contribution in [0, 0.1) is 0 Å². The van der Waals surface area contributed by atoms with E-state index in [9.17, 15) is 31.2 Å². The van der Waals surface area contributed by atoms with Crippen molar-refractivity contribution in [2.75, 3.05) is 13.2 Å². The number of aromatic nitrogens is 1. The van der Waals surface area contributed by atoms with Crippen LogP contribution in [0.4, 0.5) is 0 Å². The van der Waals surface area contributed by atoms with Gasteiger partial charge in [0.2, 0.25) is 0 Å². The Morgan fingerprint density at radius 3 is 1.63 bits per heavy atom. The van der Waals surface area contributed by atoms with E-state index in [0.29, 0.717) is 57.0 Å². The van der Waals surface area contributed by atoms with Crippen molar-refractivity contribution in [3.05, 3.63) is 124 Å². The molecule has 0 aliphatic carbocycles. The molecule has 0 atom stereocenters. The van der Waals surface area contributed by atoms with Gasteiger partial charge in [-0.1, -0.05) is 49.4 Å². The molecule has 2 aliphatic heterocycles. The summed E-state index contributed by atoms with van der Waals surface area (Å²) in [6.07, 6.45) is 2.10. The van der Waals surface area contributed by atoms with Gasteiger partial charge < -0.3 is 31.6 Å². The summed E-state index contributed by atoms with van der Waals surface area (Å²) in [5.41, 5.74) is 13.8. The first-order valence-electron chi connectivity index (χ1n) is 18.5. The number of hydrogen-bond donors (Lipinski definition) is 4. The van der Waals surface area contributed by atoms with Gasteiger partial charge in [0, 0.05) is 35.9 Å². The normalized spacial score (nSPS) is 15.1. The minimum atomic E-state index is -3.64. The van der Waals surface area contributed by atoms with Crippen LogP contribution >= 0.6 is 0 Å². The highest BCUT2D eigenvalue weighted by atomic mass is 32.2. The lowest BCUT2D eigenvalue weighted by atomic mass is 10.0. The quantitative estimate of drug-likeness (QED) is 0.151. The van der Waals surface area contributed by atoms with Crippen molar-refractivity contribution in [3.63, 3.8) is 0 Å². The molecule has 0 spiro atoms. The van der Waals surface area contributed by atoms with Crippen LogP contribution in [0.2, 0.25) is 0 Å². The zero-order valence-corrected chi connectivity index (χ0v) is 34.9. The molecule has 4 aromatic rings. The highest BCUT2D eigenvalue weighted by molar-refractivity contribution is 7.89. The van der Waals surface area contributed by atoms with E-state index < -0.39 is 31.1 Å². The van der Waals surface area contributed by atoms with Crippen LogP contribution < -0.4 is 31.6 Å². The summed E-state index contributed by atoms with van der Waals surface area (Å²) in [4.78, 5) is 40.9. The minimum Gasteiger partial charge on any atom is -0.490 e. The highest BCUT2D eigenvalue weighted by Gasteiger charge is 2.29. The van der Waals surface area contributed by atoms with Gasteiger partial charge in [-0.15, -0.1) is 8.80 Å². The van der Waals surface area contributed by atoms with Crippen molar-refractivity contribution >= 4 is 49.3 Å². The fourth-order valence-electron chi connectivity index (χ4n) is 6.04. The van der Waals surface area contributed by atoms with Crippen LogP contribution in [0.5, 0.6) is 11.5 Å². The fraction of sp³-hybridized carbons (Fsp3) is 0.317. The smallest absolute Gasteiger partial charge is 0.259 e. The van der Waals surface area contributed by atoms with E-state index in [0.717, 1.165) is 0 Å². The number of hydrogen-bond acceptors (Lipinski definition) is 12. The van der Waals surface area contributed by atoms with E-state index in [1.165, 1.54) is 6.20 Å². The van der Waals surface area contributed by atoms with Gasteiger partial charge >= 0.3 is 0 Å². The number of nitrogens with zero attached hydrogens (tertiary/aromatic N) is 3. The van der Waals surface area contributed by atoms with Gasteiger partial charge in [-0.05, 0) is 75.2 Å². The third-order valence-electron chi connectivity index (χ3n) is 8.86. The summed E-state index contributed by atoms with van der Waals surface area (Å²) in [7, 11) is -7.24. The van der Waals surface area contributed by atoms with Crippen molar-refractivity contribution in [3.8, 4) is 11.5 Å². The lowest BCUT2D eigenvalue weighted by Crippen LogP contribution is -2.48. The predicted octanol–water partition coefficient (Wildman–Crippen LogP) is 3.56. The second-order valence-corrected chi connectivity index (χ2v) is 18.5. The molecule has 0 radical (unpaired) electrons. The summed E-state index contributed by atoms with van der Waals surface area (Å²) in [5.74, 6) is -0.311. The lowest BCUT2D eigenvalue weighted by Gasteiger charge is -2.27. The average molecular weight is 846 g/mol. The Kier molecular flexibility index (Phi) is 13.3. The third kappa shape index (κ3) is 12.0. The van der Waals surface area contributed by atoms with E-state index in [-0.39, 0.29) is 60.4 Å². The molecule has 2 amide bonds. The largest absolute Gasteiger partial charge is 0.490 e. The number of nitrogens with two attached hydrogens (primary N) is 2. The lowest BCUT2D eigenvalue weighted by molar-refractivity contribution is -0.118. The molecule has 18 heteroatoms. The Hall–Kier alpha value is -6.14. The number of ketones is 1. The number of pyridine rings is 1. The first-order valence-corrected chi connectivity index (χ1v) is 21.7. The Morgan fingerprint density at radius 1 is 0.678 bits per heavy atom. The fourth-order valence-corrected chi connectivity index (χ4v) is 8.22. The Labute approximate surface area is 343 Å². The average Bonchev–Trinajstić information content (AvgIpc) is 3.15. The van der Waals surface area contributed by atoms with Crippen LogP contribution in [0.25, 0.3) is 0 Å². The number of amidine groups is 2. The second-order valence-electron chi connectivity index (χ2n) is 15.2. The van der Waals surface area contributed by atoms with E-state index in [4.69, 9.17) is 20.9 Å². The predicted molar refractivity (Wildman–Crippen MR) is 223 cm³/mol. The van der Waals surface area contributed by atoms with Crippen molar-refractivity contribution in [1.82, 2.24) is 15.6 Å². The number of benzene rings is 3. The molecule has 1 aromatic heterocycles. The standard InChI is InChI=1S/C22H26N4O5S.C19H21N3O4S/c1-4-17(27)11-16-10-14(8-9-24-16)21(28)25-22(2,3)13-31-18-7-5-6-15-12-32(29,30)26-20(23)19(15)18;1-19(2,21-18(23)13-7-4-3-5-8-13)12-26-15-10-6-9-14-11-27(24,25)22-17(20)16(14)15/h5-10H,4,11-13H2,1-3H3,(H2,23,26)(H,25,28);3-10H,11-12H2,1-2H3,(H2,20,22)(H,21,23). The summed E-state index contributed by atoms with van der Waals surface area (Å²) in [6, 6.07) is 22.2. The summed E-state index contributed by atoms with van der Waals surface area (Å²) < 4.78 is 66.1. The van der Waals surface area contributed by atoms with Crippen molar-refractivity contribution in [2.24, 2.45) is 20.3 Å². The molecule has 59 heavy (non-hydrogen) atoms. The molecule has 0 unspecified atom stereocenters. The molecule has 0 bridgehead atoms. The maximum atomic E-state index is 12.8. The number of sulfonamides is 2. The van der Waals surface area contributed by atoms with Gasteiger partial charge in [0.05, 0.1) is 33.7 Å². The summed E-state index contributed by atoms with van der Waals surface area (Å²) >= 11 is 0. The molecule has 6 rings (SSSR count). The Balaban J connectivity index is 0.000000227. The molecule has 6 N–H and O–H groups in total. The van der Waals surface area contributed by atoms with Gasteiger partial charge in [-0.2, -0.15) is 0 Å². The highest BCUT2D eigenvalue weighted by Crippen LogP contribution is 2.30. The van der Waals surface area contributed by atoms with Gasteiger partial charge in [0.15, 0.2) is 0 Å². The van der Waals surface area contributed by atoms with Crippen molar-refractivity contribution < 1.29 is 40.7 Å². The zero-order chi connectivity index (χ0) is 43.2. The SMILES string of the molecule is CC(C)(COc1cccc2c1C(N)=NS(=O)(=O)C2)NC(=O)c1ccccc1.CCC(=O)Cc1cc(C(=O)NC(C)(C)COc2cccc3c2C(N)=NS(=O)(=O)C3)ccn1. The minimum absolute atomic E-state index is 0.0468. The van der Waals surface area contributed by atoms with E-state index in [2.05, 4.69) is 24.4 Å². The molecule has 3 aromatic carbocycles. The van der Waals surface area contributed by atoms with Crippen molar-refractivity contribution in [1.29, 1.82) is 0 Å². The molecule has 2 aliphatic rings. The summed E-state index contributed by atoms with van der Waals surface area (Å²) in [5, 5.41) is 5.83. The van der Waals surface area contributed by atoms with Crippen LogP contribution in [0.15, 0.2) is 93.9 Å². The first kappa shape index (κ1) is 44.0. The third-order valence-corrected chi connectivity index (χ3v) is 11.2. The van der Waals surface area contributed by atoms with E-state index in [1.807, 2.05) is 19.9 Å². The molecule has 0 saturated carbocycles. The van der Waals surface area contributed by atoms with Gasteiger partial charge in [-0.3, -0.25) is 19.4 Å². The van der Waals surface area contributed by atoms with Crippen LogP contribution in [0.1, 0.15) is 89.7 Å². The number of carbonyl (C=O) groups is 3. The maximum Gasteiger partial charge on any atom is 0.259 e. The van der Waals surface area contributed by atoms with Crippen molar-refractivity contribution in [2.45, 2.75) is 70.0 Å². The van der Waals surface area contributed by atoms with E-state index >= 15 is 0 Å². The first-order chi connectivity index (χ1) is 27.7. The van der Waals surface area contributed by atoms with Crippen LogP contribution in [0.3, 0.4) is 0 Å². The number of fused-ring (bicyclic) bond motifs is 2. The van der Waals surface area contributed by atoms with Gasteiger partial charge in [0.25, 0.3) is 31.9 Å². The zero-order valence-electron chi connectivity index (χ0n) is 33.3. The topological polar surface area (TPSA) is 252 Å². The number of amides is 2. The Morgan fingerprint density at radius 2 is 1.15 bits per heavy atom. The Bertz CT molecular complexity index is 2540. The molecular weight excluding hydrogens is 799 g/mol. The molecule has 0 saturated heterocycles. The second kappa shape index (κ2) is 17.8. The number of rotatable bonds is 13. The molecule has 16 nitrogen and oxygen atoms in total.